The van der Waals surface area contributed by atoms with Crippen LogP contribution in [0.4, 0.5) is 10.1 Å². The molecule has 2 bridgehead atoms. The third-order valence-electron chi connectivity index (χ3n) is 6.18. The van der Waals surface area contributed by atoms with Gasteiger partial charge in [0, 0.05) is 31.6 Å². The van der Waals surface area contributed by atoms with Crippen LogP contribution in [0.1, 0.15) is 46.4 Å². The minimum absolute atomic E-state index is 0.0289. The van der Waals surface area contributed by atoms with Crippen molar-refractivity contribution in [1.29, 1.82) is 0 Å². The SMILES string of the molecule is O=C1CCC(N2C(=O)c3c(F)ccc(N4C5CCC4CNC5)c3C2=O)C(=O)N1. The van der Waals surface area contributed by atoms with E-state index in [-0.39, 0.29) is 36.1 Å². The van der Waals surface area contributed by atoms with E-state index in [2.05, 4.69) is 15.5 Å². The van der Waals surface area contributed by atoms with Crippen LogP contribution in [0.25, 0.3) is 0 Å². The summed E-state index contributed by atoms with van der Waals surface area (Å²) in [5.41, 5.74) is 0.317. The summed E-state index contributed by atoms with van der Waals surface area (Å²) in [7, 11) is 0. The molecule has 4 aliphatic rings. The maximum absolute atomic E-state index is 14.6. The van der Waals surface area contributed by atoms with E-state index < -0.39 is 35.5 Å². The number of amides is 4. The van der Waals surface area contributed by atoms with E-state index in [0.717, 1.165) is 30.8 Å². The van der Waals surface area contributed by atoms with Gasteiger partial charge in [0.2, 0.25) is 11.8 Å². The molecule has 5 rings (SSSR count). The highest BCUT2D eigenvalue weighted by Gasteiger charge is 2.49. The number of imide groups is 2. The number of rotatable bonds is 2. The highest BCUT2D eigenvalue weighted by Crippen LogP contribution is 2.40. The lowest BCUT2D eigenvalue weighted by Gasteiger charge is -2.38. The van der Waals surface area contributed by atoms with Crippen molar-refractivity contribution in [3.63, 3.8) is 0 Å². The van der Waals surface area contributed by atoms with E-state index in [1.165, 1.54) is 6.07 Å². The second-order valence-corrected chi connectivity index (χ2v) is 7.71. The molecule has 3 unspecified atom stereocenters. The molecule has 0 spiro atoms. The summed E-state index contributed by atoms with van der Waals surface area (Å²) < 4.78 is 14.6. The molecule has 28 heavy (non-hydrogen) atoms. The predicted octanol–water partition coefficient (Wildman–Crippen LogP) is 0.168. The molecule has 4 heterocycles. The fourth-order valence-corrected chi connectivity index (χ4v) is 4.92. The minimum atomic E-state index is -1.10. The van der Waals surface area contributed by atoms with E-state index in [9.17, 15) is 23.6 Å². The van der Waals surface area contributed by atoms with Crippen LogP contribution in [0, 0.1) is 5.82 Å². The highest BCUT2D eigenvalue weighted by molar-refractivity contribution is 6.25. The molecular formula is C19H19FN4O4. The van der Waals surface area contributed by atoms with Crippen LogP contribution < -0.4 is 15.5 Å². The van der Waals surface area contributed by atoms with Gasteiger partial charge in [0.15, 0.2) is 0 Å². The molecule has 9 heteroatoms. The first kappa shape index (κ1) is 17.3. The summed E-state index contributed by atoms with van der Waals surface area (Å²) in [4.78, 5) is 52.7. The number of carbonyl (C=O) groups is 4. The molecule has 0 aliphatic carbocycles. The molecule has 3 saturated heterocycles. The molecule has 1 aromatic rings. The van der Waals surface area contributed by atoms with Gasteiger partial charge in [-0.05, 0) is 31.4 Å². The van der Waals surface area contributed by atoms with E-state index in [1.54, 1.807) is 6.07 Å². The average Bonchev–Trinajstić information content (AvgIpc) is 3.06. The van der Waals surface area contributed by atoms with Gasteiger partial charge in [-0.15, -0.1) is 0 Å². The second-order valence-electron chi connectivity index (χ2n) is 7.71. The number of fused-ring (bicyclic) bond motifs is 3. The Bertz CT molecular complexity index is 917. The van der Waals surface area contributed by atoms with Crippen molar-refractivity contribution in [1.82, 2.24) is 15.5 Å². The molecular weight excluding hydrogens is 367 g/mol. The molecule has 8 nitrogen and oxygen atoms in total. The van der Waals surface area contributed by atoms with Crippen LogP contribution in [-0.2, 0) is 9.59 Å². The number of benzene rings is 1. The first-order chi connectivity index (χ1) is 13.5. The van der Waals surface area contributed by atoms with Crippen molar-refractivity contribution >= 4 is 29.3 Å². The van der Waals surface area contributed by atoms with Gasteiger partial charge in [0.05, 0.1) is 16.8 Å². The molecule has 0 radical (unpaired) electrons. The quantitative estimate of drug-likeness (QED) is 0.703. The number of nitrogens with one attached hydrogen (secondary N) is 2. The van der Waals surface area contributed by atoms with E-state index in [1.807, 2.05) is 0 Å². The van der Waals surface area contributed by atoms with Crippen molar-refractivity contribution in [3.05, 3.63) is 29.1 Å². The highest BCUT2D eigenvalue weighted by atomic mass is 19.1. The van der Waals surface area contributed by atoms with Gasteiger partial charge in [-0.1, -0.05) is 0 Å². The van der Waals surface area contributed by atoms with Gasteiger partial charge in [0.25, 0.3) is 11.8 Å². The Morgan fingerprint density at radius 2 is 1.61 bits per heavy atom. The number of hydrogen-bond acceptors (Lipinski definition) is 6. The van der Waals surface area contributed by atoms with Crippen LogP contribution in [0.3, 0.4) is 0 Å². The molecule has 0 saturated carbocycles. The van der Waals surface area contributed by atoms with Crippen LogP contribution >= 0.6 is 0 Å². The maximum atomic E-state index is 14.6. The third-order valence-corrected chi connectivity index (χ3v) is 6.18. The Hall–Kier alpha value is -2.81. The van der Waals surface area contributed by atoms with Crippen molar-refractivity contribution in [2.24, 2.45) is 0 Å². The van der Waals surface area contributed by atoms with Crippen molar-refractivity contribution in [2.75, 3.05) is 18.0 Å². The van der Waals surface area contributed by atoms with Crippen molar-refractivity contribution in [2.45, 2.75) is 43.8 Å². The van der Waals surface area contributed by atoms with Crippen LogP contribution in [0.2, 0.25) is 0 Å². The zero-order chi connectivity index (χ0) is 19.6. The Balaban J connectivity index is 1.58. The number of nitrogens with zero attached hydrogens (tertiary/aromatic N) is 2. The van der Waals surface area contributed by atoms with Gasteiger partial charge in [0.1, 0.15) is 11.9 Å². The Morgan fingerprint density at radius 1 is 0.929 bits per heavy atom. The van der Waals surface area contributed by atoms with Crippen molar-refractivity contribution in [3.8, 4) is 0 Å². The molecule has 4 amide bonds. The predicted molar refractivity (Wildman–Crippen MR) is 95.2 cm³/mol. The summed E-state index contributed by atoms with van der Waals surface area (Å²) in [5.74, 6) is -3.38. The van der Waals surface area contributed by atoms with E-state index >= 15 is 0 Å². The topological polar surface area (TPSA) is 98.8 Å². The third kappa shape index (κ3) is 2.32. The Morgan fingerprint density at radius 3 is 2.29 bits per heavy atom. The summed E-state index contributed by atoms with van der Waals surface area (Å²) in [6.45, 7) is 1.53. The maximum Gasteiger partial charge on any atom is 0.265 e. The fraction of sp³-hybridized carbons (Fsp3) is 0.474. The lowest BCUT2D eigenvalue weighted by atomic mass is 10.0. The van der Waals surface area contributed by atoms with Gasteiger partial charge >= 0.3 is 0 Å². The summed E-state index contributed by atoms with van der Waals surface area (Å²) in [5, 5.41) is 5.51. The Kier molecular flexibility index (Phi) is 3.77. The number of carbonyl (C=O) groups excluding carboxylic acids is 4. The standard InChI is InChI=1S/C19H19FN4O4/c20-11-3-4-12(23-9-1-2-10(23)8-21-7-9)16-15(11)18(27)24(19(16)28)13-5-6-14(25)22-17(13)26/h3-4,9-10,13,21H,1-2,5-8H2,(H,22,25,26). The number of piperazine rings is 1. The van der Waals surface area contributed by atoms with Gasteiger partial charge in [-0.25, -0.2) is 4.39 Å². The molecule has 4 aliphatic heterocycles. The number of anilines is 1. The number of piperidine rings is 1. The first-order valence-electron chi connectivity index (χ1n) is 9.50. The summed E-state index contributed by atoms with van der Waals surface area (Å²) in [6, 6.07) is 2.04. The van der Waals surface area contributed by atoms with Crippen LogP contribution in [0.5, 0.6) is 0 Å². The molecule has 0 aromatic heterocycles. The zero-order valence-corrected chi connectivity index (χ0v) is 15.0. The van der Waals surface area contributed by atoms with Crippen LogP contribution in [-0.4, -0.2) is 59.7 Å². The Labute approximate surface area is 160 Å². The van der Waals surface area contributed by atoms with Crippen molar-refractivity contribution < 1.29 is 23.6 Å². The normalized spacial score (nSPS) is 29.4. The van der Waals surface area contributed by atoms with E-state index in [4.69, 9.17) is 0 Å². The lowest BCUT2D eigenvalue weighted by molar-refractivity contribution is -0.136. The summed E-state index contributed by atoms with van der Waals surface area (Å²) in [6.07, 6.45) is 2.00. The van der Waals surface area contributed by atoms with Gasteiger partial charge in [-0.3, -0.25) is 29.4 Å². The molecule has 2 N–H and O–H groups in total. The summed E-state index contributed by atoms with van der Waals surface area (Å²) >= 11 is 0. The number of halogens is 1. The second kappa shape index (κ2) is 6.10. The average molecular weight is 386 g/mol. The molecule has 3 atom stereocenters. The molecule has 3 fully saturated rings. The lowest BCUT2D eigenvalue weighted by Crippen LogP contribution is -2.54. The monoisotopic (exact) mass is 386 g/mol. The first-order valence-corrected chi connectivity index (χ1v) is 9.50. The largest absolute Gasteiger partial charge is 0.362 e. The molecule has 1 aromatic carbocycles. The minimum Gasteiger partial charge on any atom is -0.362 e. The molecule has 146 valence electrons. The smallest absolute Gasteiger partial charge is 0.265 e. The fourth-order valence-electron chi connectivity index (χ4n) is 4.92. The van der Waals surface area contributed by atoms with Crippen LogP contribution in [0.15, 0.2) is 12.1 Å². The van der Waals surface area contributed by atoms with Gasteiger partial charge < -0.3 is 10.2 Å². The van der Waals surface area contributed by atoms with E-state index in [0.29, 0.717) is 5.69 Å². The number of hydrogen-bond donors (Lipinski definition) is 2. The van der Waals surface area contributed by atoms with Gasteiger partial charge in [-0.2, -0.15) is 0 Å². The zero-order valence-electron chi connectivity index (χ0n) is 15.0.